The van der Waals surface area contributed by atoms with Crippen LogP contribution >= 0.6 is 22.9 Å². The van der Waals surface area contributed by atoms with Crippen molar-refractivity contribution >= 4 is 28.9 Å². The molecule has 146 valence electrons. The highest BCUT2D eigenvalue weighted by molar-refractivity contribution is 7.13. The molecule has 0 radical (unpaired) electrons. The molecule has 4 atom stereocenters. The molecule has 0 bridgehead atoms. The molecule has 2 aliphatic carbocycles. The molecule has 0 aliphatic heterocycles. The van der Waals surface area contributed by atoms with Crippen molar-refractivity contribution in [1.29, 1.82) is 0 Å². The lowest BCUT2D eigenvalue weighted by molar-refractivity contribution is 0.0702. The minimum absolute atomic E-state index is 0.0827. The molecule has 2 saturated carbocycles. The van der Waals surface area contributed by atoms with E-state index in [1.165, 1.54) is 49.9 Å². The summed E-state index contributed by atoms with van der Waals surface area (Å²) in [5, 5.41) is 19.6. The highest BCUT2D eigenvalue weighted by atomic mass is 35.5. The number of aliphatic hydroxyl groups excluding tert-OH is 1. The van der Waals surface area contributed by atoms with E-state index in [-0.39, 0.29) is 11.5 Å². The maximum atomic E-state index is 11.0. The average Bonchev–Trinajstić information content (AvgIpc) is 3.19. The number of carboxylic acid groups (broad SMARTS) is 1. The molecule has 2 unspecified atom stereocenters. The van der Waals surface area contributed by atoms with E-state index in [0.29, 0.717) is 16.7 Å². The van der Waals surface area contributed by atoms with Crippen LogP contribution in [-0.2, 0) is 6.42 Å². The van der Waals surface area contributed by atoms with Gasteiger partial charge in [-0.25, -0.2) is 4.79 Å². The molecule has 1 heterocycles. The number of rotatable bonds is 8. The van der Waals surface area contributed by atoms with Crippen LogP contribution in [0, 0.1) is 17.8 Å². The van der Waals surface area contributed by atoms with E-state index in [0.717, 1.165) is 42.9 Å². The Hall–Kier alpha value is -0.580. The van der Waals surface area contributed by atoms with Crippen molar-refractivity contribution in [2.45, 2.75) is 82.1 Å². The molecule has 2 aliphatic rings. The molecule has 2 N–H and O–H groups in total. The van der Waals surface area contributed by atoms with E-state index in [1.54, 1.807) is 6.07 Å². The third kappa shape index (κ3) is 5.24. The van der Waals surface area contributed by atoms with Gasteiger partial charge in [-0.15, -0.1) is 22.9 Å². The van der Waals surface area contributed by atoms with Crippen LogP contribution in [0.1, 0.15) is 78.8 Å². The molecular weight excluding hydrogens is 368 g/mol. The van der Waals surface area contributed by atoms with Crippen molar-refractivity contribution in [2.24, 2.45) is 17.8 Å². The van der Waals surface area contributed by atoms with Crippen molar-refractivity contribution in [3.05, 3.63) is 21.9 Å². The lowest BCUT2D eigenvalue weighted by Gasteiger charge is -2.27. The Morgan fingerprint density at radius 3 is 2.58 bits per heavy atom. The van der Waals surface area contributed by atoms with Crippen molar-refractivity contribution in [3.63, 3.8) is 0 Å². The fraction of sp³-hybridized carbons (Fsp3) is 0.762. The SMILES string of the molecule is O=C(O)c1ccc(CCC[C@H]2C(Cl)C[C@@H](O)C2CCC2CCCCC2)s1. The maximum absolute atomic E-state index is 11.0. The Morgan fingerprint density at radius 2 is 1.88 bits per heavy atom. The first kappa shape index (κ1) is 20.2. The lowest BCUT2D eigenvalue weighted by Crippen LogP contribution is -2.22. The number of hydrogen-bond donors (Lipinski definition) is 2. The third-order valence-corrected chi connectivity index (χ3v) is 8.08. The zero-order valence-electron chi connectivity index (χ0n) is 15.4. The highest BCUT2D eigenvalue weighted by Crippen LogP contribution is 2.43. The van der Waals surface area contributed by atoms with E-state index in [1.807, 2.05) is 6.07 Å². The van der Waals surface area contributed by atoms with Gasteiger partial charge >= 0.3 is 5.97 Å². The monoisotopic (exact) mass is 398 g/mol. The second kappa shape index (κ2) is 9.57. The largest absolute Gasteiger partial charge is 0.477 e. The number of carbonyl (C=O) groups is 1. The molecule has 3 nitrogen and oxygen atoms in total. The number of carboxylic acids is 1. The van der Waals surface area contributed by atoms with Gasteiger partial charge in [0.1, 0.15) is 4.88 Å². The first-order chi connectivity index (χ1) is 12.5. The minimum atomic E-state index is -0.844. The van der Waals surface area contributed by atoms with E-state index >= 15 is 0 Å². The van der Waals surface area contributed by atoms with Gasteiger partial charge < -0.3 is 10.2 Å². The Kier molecular flexibility index (Phi) is 7.42. The van der Waals surface area contributed by atoms with Crippen LogP contribution in [0.15, 0.2) is 12.1 Å². The number of alkyl halides is 1. The number of aryl methyl sites for hydroxylation is 1. The van der Waals surface area contributed by atoms with Gasteiger partial charge in [0.25, 0.3) is 0 Å². The predicted octanol–water partition coefficient (Wildman–Crippen LogP) is 5.73. The summed E-state index contributed by atoms with van der Waals surface area (Å²) in [6.45, 7) is 0. The van der Waals surface area contributed by atoms with Gasteiger partial charge in [0.05, 0.1) is 6.10 Å². The quantitative estimate of drug-likeness (QED) is 0.549. The van der Waals surface area contributed by atoms with E-state index < -0.39 is 5.97 Å². The molecule has 1 aromatic rings. The molecule has 26 heavy (non-hydrogen) atoms. The van der Waals surface area contributed by atoms with Crippen molar-refractivity contribution in [2.75, 3.05) is 0 Å². The summed E-state index contributed by atoms with van der Waals surface area (Å²) >= 11 is 7.95. The molecule has 5 heteroatoms. The number of halogens is 1. The van der Waals surface area contributed by atoms with Gasteiger partial charge in [-0.3, -0.25) is 0 Å². The Morgan fingerprint density at radius 1 is 1.12 bits per heavy atom. The molecular formula is C21H31ClO3S. The number of thiophene rings is 1. The Labute approximate surface area is 165 Å². The predicted molar refractivity (Wildman–Crippen MR) is 107 cm³/mol. The first-order valence-electron chi connectivity index (χ1n) is 10.2. The summed E-state index contributed by atoms with van der Waals surface area (Å²) in [5.74, 6) is 0.752. The first-order valence-corrected chi connectivity index (χ1v) is 11.4. The Bertz CT molecular complexity index is 582. The van der Waals surface area contributed by atoms with Gasteiger partial charge in [0.15, 0.2) is 0 Å². The summed E-state index contributed by atoms with van der Waals surface area (Å²) < 4.78 is 0. The van der Waals surface area contributed by atoms with E-state index in [4.69, 9.17) is 16.7 Å². The number of aromatic carboxylic acids is 1. The summed E-state index contributed by atoms with van der Waals surface area (Å²) in [6.07, 6.45) is 12.7. The zero-order valence-corrected chi connectivity index (χ0v) is 17.0. The topological polar surface area (TPSA) is 57.5 Å². The van der Waals surface area contributed by atoms with Gasteiger partial charge in [0.2, 0.25) is 0 Å². The Balaban J connectivity index is 1.48. The minimum Gasteiger partial charge on any atom is -0.477 e. The van der Waals surface area contributed by atoms with Gasteiger partial charge in [-0.2, -0.15) is 0 Å². The molecule has 0 amide bonds. The van der Waals surface area contributed by atoms with Crippen molar-refractivity contribution in [3.8, 4) is 0 Å². The van der Waals surface area contributed by atoms with Crippen LogP contribution in [0.5, 0.6) is 0 Å². The fourth-order valence-electron chi connectivity index (χ4n) is 4.98. The second-order valence-corrected chi connectivity index (χ2v) is 9.92. The van der Waals surface area contributed by atoms with Crippen LogP contribution < -0.4 is 0 Å². The van der Waals surface area contributed by atoms with Gasteiger partial charge in [0, 0.05) is 10.3 Å². The summed E-state index contributed by atoms with van der Waals surface area (Å²) in [5.41, 5.74) is 0. The average molecular weight is 399 g/mol. The van der Waals surface area contributed by atoms with Crippen LogP contribution in [0.2, 0.25) is 0 Å². The van der Waals surface area contributed by atoms with E-state index in [9.17, 15) is 9.90 Å². The van der Waals surface area contributed by atoms with Crippen molar-refractivity contribution in [1.82, 2.24) is 0 Å². The van der Waals surface area contributed by atoms with Crippen LogP contribution in [-0.4, -0.2) is 27.7 Å². The van der Waals surface area contributed by atoms with Gasteiger partial charge in [-0.1, -0.05) is 38.5 Å². The molecule has 0 saturated heterocycles. The number of hydrogen-bond acceptors (Lipinski definition) is 3. The van der Waals surface area contributed by atoms with Crippen molar-refractivity contribution < 1.29 is 15.0 Å². The maximum Gasteiger partial charge on any atom is 0.345 e. The standard InChI is InChI=1S/C21H31ClO3S/c22-18-13-19(23)17(11-9-14-5-2-1-3-6-14)16(18)8-4-7-15-10-12-20(26-15)21(24)25/h10,12,14,16-19,23H,1-9,11,13H2,(H,24,25)/t16-,17?,18?,19-/m1/s1. The van der Waals surface area contributed by atoms with Crippen LogP contribution in [0.4, 0.5) is 0 Å². The molecule has 3 rings (SSSR count). The summed E-state index contributed by atoms with van der Waals surface area (Å²) in [6, 6.07) is 3.62. The number of aliphatic hydroxyl groups is 1. The molecule has 2 fully saturated rings. The molecule has 0 spiro atoms. The molecule has 0 aromatic carbocycles. The van der Waals surface area contributed by atoms with E-state index in [2.05, 4.69) is 0 Å². The molecule has 1 aromatic heterocycles. The zero-order chi connectivity index (χ0) is 18.5. The fourth-order valence-corrected chi connectivity index (χ4v) is 6.36. The highest BCUT2D eigenvalue weighted by Gasteiger charge is 2.40. The lowest BCUT2D eigenvalue weighted by atomic mass is 9.80. The van der Waals surface area contributed by atoms with Crippen LogP contribution in [0.25, 0.3) is 0 Å². The van der Waals surface area contributed by atoms with Gasteiger partial charge in [-0.05, 0) is 62.0 Å². The smallest absolute Gasteiger partial charge is 0.345 e. The summed E-state index contributed by atoms with van der Waals surface area (Å²) in [7, 11) is 0. The second-order valence-electron chi connectivity index (χ2n) is 8.19. The summed E-state index contributed by atoms with van der Waals surface area (Å²) in [4.78, 5) is 12.5. The third-order valence-electron chi connectivity index (χ3n) is 6.44. The normalized spacial score (nSPS) is 29.9. The van der Waals surface area contributed by atoms with Crippen LogP contribution in [0.3, 0.4) is 0 Å².